The lowest BCUT2D eigenvalue weighted by Gasteiger charge is -1.99. The number of nitrogens with zero attached hydrogens (tertiary/aromatic N) is 1. The molecule has 0 spiro atoms. The molecule has 0 fully saturated rings. The maximum absolute atomic E-state index is 12.9. The third-order valence-corrected chi connectivity index (χ3v) is 1.91. The first-order valence-electron chi connectivity index (χ1n) is 3.82. The molecule has 2 aromatic rings. The monoisotopic (exact) mass is 178 g/mol. The largest absolute Gasteiger partial charge is 0.313 e. The molecule has 2 rings (SSSR count). The van der Waals surface area contributed by atoms with Gasteiger partial charge < -0.3 is 4.98 Å². The molecule has 0 aliphatic rings. The average molecular weight is 178 g/mol. The highest BCUT2D eigenvalue weighted by Gasteiger charge is 2.04. The van der Waals surface area contributed by atoms with Crippen LogP contribution in [-0.2, 0) is 0 Å². The van der Waals surface area contributed by atoms with Gasteiger partial charge in [-0.3, -0.25) is 4.79 Å². The van der Waals surface area contributed by atoms with Gasteiger partial charge in [0.05, 0.1) is 17.2 Å². The van der Waals surface area contributed by atoms with E-state index in [0.717, 1.165) is 0 Å². The molecule has 4 heteroatoms. The molecule has 0 aliphatic carbocycles. The van der Waals surface area contributed by atoms with Crippen molar-refractivity contribution in [2.24, 2.45) is 0 Å². The smallest absolute Gasteiger partial charge is 0.258 e. The molecule has 13 heavy (non-hydrogen) atoms. The summed E-state index contributed by atoms with van der Waals surface area (Å²) in [7, 11) is 0. The van der Waals surface area contributed by atoms with Gasteiger partial charge in [0.25, 0.3) is 5.56 Å². The lowest BCUT2D eigenvalue weighted by atomic mass is 10.1. The van der Waals surface area contributed by atoms with Crippen molar-refractivity contribution in [3.63, 3.8) is 0 Å². The second-order valence-corrected chi connectivity index (χ2v) is 2.85. The van der Waals surface area contributed by atoms with E-state index < -0.39 is 0 Å². The Morgan fingerprint density at radius 2 is 2.23 bits per heavy atom. The number of benzene rings is 1. The van der Waals surface area contributed by atoms with Gasteiger partial charge in [-0.15, -0.1) is 0 Å². The molecule has 0 amide bonds. The van der Waals surface area contributed by atoms with Crippen LogP contribution in [0.1, 0.15) is 5.56 Å². The van der Waals surface area contributed by atoms with E-state index >= 15 is 0 Å². The third-order valence-electron chi connectivity index (χ3n) is 1.91. The molecule has 1 heterocycles. The quantitative estimate of drug-likeness (QED) is 0.662. The lowest BCUT2D eigenvalue weighted by Crippen LogP contribution is -2.07. The molecule has 1 N–H and O–H groups in total. The van der Waals surface area contributed by atoms with Gasteiger partial charge in [-0.2, -0.15) is 0 Å². The predicted molar refractivity (Wildman–Crippen MR) is 47.1 cm³/mol. The summed E-state index contributed by atoms with van der Waals surface area (Å²) in [6.45, 7) is 1.68. The fourth-order valence-electron chi connectivity index (χ4n) is 1.36. The van der Waals surface area contributed by atoms with Crippen LogP contribution >= 0.6 is 0 Å². The number of nitrogens with one attached hydrogen (secondary N) is 1. The highest BCUT2D eigenvalue weighted by molar-refractivity contribution is 5.80. The van der Waals surface area contributed by atoms with Crippen molar-refractivity contribution in [2.75, 3.05) is 0 Å². The maximum atomic E-state index is 12.9. The Morgan fingerprint density at radius 1 is 1.46 bits per heavy atom. The standard InChI is InChI=1S/C9H7FN2O/c1-5-2-6(10)3-7-8(5)9(13)12-4-11-7/h2-4H,1H3,(H,11,12,13). The van der Waals surface area contributed by atoms with E-state index in [4.69, 9.17) is 0 Å². The van der Waals surface area contributed by atoms with E-state index in [9.17, 15) is 9.18 Å². The van der Waals surface area contributed by atoms with Gasteiger partial charge in [0.2, 0.25) is 0 Å². The van der Waals surface area contributed by atoms with Crippen LogP contribution in [0.2, 0.25) is 0 Å². The fraction of sp³-hybridized carbons (Fsp3) is 0.111. The summed E-state index contributed by atoms with van der Waals surface area (Å²) in [5.74, 6) is -0.372. The maximum Gasteiger partial charge on any atom is 0.258 e. The van der Waals surface area contributed by atoms with Crippen molar-refractivity contribution in [2.45, 2.75) is 6.92 Å². The highest BCUT2D eigenvalue weighted by atomic mass is 19.1. The molecule has 0 saturated heterocycles. The molecule has 1 aromatic heterocycles. The molecule has 0 bridgehead atoms. The second-order valence-electron chi connectivity index (χ2n) is 2.85. The zero-order valence-electron chi connectivity index (χ0n) is 6.97. The van der Waals surface area contributed by atoms with Crippen molar-refractivity contribution in [1.82, 2.24) is 9.97 Å². The Kier molecular flexibility index (Phi) is 1.62. The van der Waals surface area contributed by atoms with Crippen LogP contribution in [0.3, 0.4) is 0 Å². The summed E-state index contributed by atoms with van der Waals surface area (Å²) >= 11 is 0. The van der Waals surface area contributed by atoms with Gasteiger partial charge in [0.15, 0.2) is 0 Å². The normalized spacial score (nSPS) is 10.6. The Balaban J connectivity index is 3.03. The zero-order chi connectivity index (χ0) is 9.42. The molecule has 66 valence electrons. The summed E-state index contributed by atoms with van der Waals surface area (Å²) in [4.78, 5) is 17.6. The van der Waals surface area contributed by atoms with E-state index in [1.54, 1.807) is 6.92 Å². The van der Waals surface area contributed by atoms with E-state index in [0.29, 0.717) is 16.5 Å². The number of aryl methyl sites for hydroxylation is 1. The molecule has 0 radical (unpaired) electrons. The first-order chi connectivity index (χ1) is 6.18. The molecule has 3 nitrogen and oxygen atoms in total. The summed E-state index contributed by atoms with van der Waals surface area (Å²) in [5, 5.41) is 0.448. The SMILES string of the molecule is Cc1cc(F)cc2nc[nH]c(=O)c12. The molecule has 0 aliphatic heterocycles. The number of aromatic amines is 1. The number of halogens is 1. The Morgan fingerprint density at radius 3 is 3.00 bits per heavy atom. The van der Waals surface area contributed by atoms with Gasteiger partial charge in [-0.1, -0.05) is 0 Å². The molecular formula is C9H7FN2O. The van der Waals surface area contributed by atoms with Gasteiger partial charge in [-0.05, 0) is 18.6 Å². The van der Waals surface area contributed by atoms with Crippen molar-refractivity contribution in [1.29, 1.82) is 0 Å². The summed E-state index contributed by atoms with van der Waals surface area (Å²) in [5.41, 5.74) is 0.758. The van der Waals surface area contributed by atoms with Crippen molar-refractivity contribution in [3.8, 4) is 0 Å². The lowest BCUT2D eigenvalue weighted by molar-refractivity contribution is 0.628. The average Bonchev–Trinajstić information content (AvgIpc) is 2.02. The number of rotatable bonds is 0. The number of aromatic nitrogens is 2. The molecule has 0 atom stereocenters. The Hall–Kier alpha value is -1.71. The van der Waals surface area contributed by atoms with Gasteiger partial charge in [0, 0.05) is 6.07 Å². The number of hydrogen-bond donors (Lipinski definition) is 1. The van der Waals surface area contributed by atoms with Gasteiger partial charge in [-0.25, -0.2) is 9.37 Å². The Labute approximate surface area is 73.2 Å². The van der Waals surface area contributed by atoms with E-state index in [2.05, 4.69) is 9.97 Å². The molecule has 0 unspecified atom stereocenters. The topological polar surface area (TPSA) is 45.8 Å². The van der Waals surface area contributed by atoms with Crippen LogP contribution in [0, 0.1) is 12.7 Å². The number of fused-ring (bicyclic) bond motifs is 1. The summed E-state index contributed by atoms with van der Waals surface area (Å²) in [6, 6.07) is 2.57. The van der Waals surface area contributed by atoms with Gasteiger partial charge >= 0.3 is 0 Å². The minimum Gasteiger partial charge on any atom is -0.313 e. The van der Waals surface area contributed by atoms with E-state index in [1.165, 1.54) is 18.5 Å². The van der Waals surface area contributed by atoms with Crippen LogP contribution in [0.4, 0.5) is 4.39 Å². The third kappa shape index (κ3) is 1.20. The van der Waals surface area contributed by atoms with Crippen LogP contribution < -0.4 is 5.56 Å². The first kappa shape index (κ1) is 7.91. The summed E-state index contributed by atoms with van der Waals surface area (Å²) in [6.07, 6.45) is 1.27. The van der Waals surface area contributed by atoms with Crippen molar-refractivity contribution < 1.29 is 4.39 Å². The van der Waals surface area contributed by atoms with Crippen LogP contribution in [-0.4, -0.2) is 9.97 Å². The van der Waals surface area contributed by atoms with Gasteiger partial charge in [0.1, 0.15) is 5.82 Å². The molecule has 0 saturated carbocycles. The first-order valence-corrected chi connectivity index (χ1v) is 3.82. The molecular weight excluding hydrogens is 171 g/mol. The minimum absolute atomic E-state index is 0.234. The minimum atomic E-state index is -0.372. The van der Waals surface area contributed by atoms with Crippen molar-refractivity contribution >= 4 is 10.9 Å². The second kappa shape index (κ2) is 2.65. The van der Waals surface area contributed by atoms with Crippen LogP contribution in [0.15, 0.2) is 23.3 Å². The van der Waals surface area contributed by atoms with E-state index in [-0.39, 0.29) is 11.4 Å². The van der Waals surface area contributed by atoms with Crippen LogP contribution in [0.25, 0.3) is 10.9 Å². The van der Waals surface area contributed by atoms with E-state index in [1.807, 2.05) is 0 Å². The predicted octanol–water partition coefficient (Wildman–Crippen LogP) is 1.37. The number of H-pyrrole nitrogens is 1. The van der Waals surface area contributed by atoms with Crippen molar-refractivity contribution in [3.05, 3.63) is 40.2 Å². The zero-order valence-corrected chi connectivity index (χ0v) is 6.97. The fourth-order valence-corrected chi connectivity index (χ4v) is 1.36. The Bertz CT molecular complexity index is 518. The highest BCUT2D eigenvalue weighted by Crippen LogP contribution is 2.13. The van der Waals surface area contributed by atoms with Crippen LogP contribution in [0.5, 0.6) is 0 Å². The summed E-state index contributed by atoms with van der Waals surface area (Å²) < 4.78 is 12.9. The molecule has 1 aromatic carbocycles. The number of hydrogen-bond acceptors (Lipinski definition) is 2.